The van der Waals surface area contributed by atoms with Gasteiger partial charge in [0.05, 0.1) is 18.2 Å². The van der Waals surface area contributed by atoms with Crippen LogP contribution in [0.25, 0.3) is 0 Å². The summed E-state index contributed by atoms with van der Waals surface area (Å²) in [6, 6.07) is 13.7. The second kappa shape index (κ2) is 7.96. The molecule has 0 aromatic heterocycles. The minimum atomic E-state index is -0.396. The zero-order valence-corrected chi connectivity index (χ0v) is 15.3. The fourth-order valence-corrected chi connectivity index (χ4v) is 2.94. The lowest BCUT2D eigenvalue weighted by atomic mass is 10.1. The summed E-state index contributed by atoms with van der Waals surface area (Å²) in [7, 11) is 1.55. The number of nitrogens with zero attached hydrogens (tertiary/aromatic N) is 1. The van der Waals surface area contributed by atoms with Crippen molar-refractivity contribution >= 4 is 40.7 Å². The number of rotatable bonds is 5. The summed E-state index contributed by atoms with van der Waals surface area (Å²) in [5.74, 6) is -0.521. The van der Waals surface area contributed by atoms with Crippen molar-refractivity contribution in [2.24, 2.45) is 0 Å². The molecule has 0 bridgehead atoms. The van der Waals surface area contributed by atoms with E-state index in [1.54, 1.807) is 55.6 Å². The van der Waals surface area contributed by atoms with E-state index < -0.39 is 5.91 Å². The van der Waals surface area contributed by atoms with Crippen LogP contribution in [0.5, 0.6) is 5.75 Å². The lowest BCUT2D eigenvalue weighted by molar-refractivity contribution is -0.119. The van der Waals surface area contributed by atoms with Gasteiger partial charge in [-0.2, -0.15) is 0 Å². The molecule has 27 heavy (non-hydrogen) atoms. The zero-order chi connectivity index (χ0) is 19.4. The molecular weight excluding hydrogens is 366 g/mol. The number of hydrogen-bond acceptors (Lipinski definition) is 5. The summed E-state index contributed by atoms with van der Waals surface area (Å²) in [4.78, 5) is 37.7. The maximum Gasteiger partial charge on any atom is 0.261 e. The summed E-state index contributed by atoms with van der Waals surface area (Å²) < 4.78 is 5.12. The van der Waals surface area contributed by atoms with Crippen LogP contribution in [-0.4, -0.2) is 41.4 Å². The Bertz CT molecular complexity index is 894. The van der Waals surface area contributed by atoms with Crippen molar-refractivity contribution in [3.8, 4) is 5.75 Å². The highest BCUT2D eigenvalue weighted by atomic mass is 32.1. The number of hydrogen-bond donors (Lipinski definition) is 2. The maximum absolute atomic E-state index is 12.3. The molecule has 1 aliphatic heterocycles. The lowest BCUT2D eigenvalue weighted by Gasteiger charge is -2.14. The number of ether oxygens (including phenoxy) is 1. The molecule has 0 spiro atoms. The molecule has 8 heteroatoms. The smallest absolute Gasteiger partial charge is 0.261 e. The molecule has 0 atom stereocenters. The van der Waals surface area contributed by atoms with Crippen molar-refractivity contribution in [3.63, 3.8) is 0 Å². The first-order valence-electron chi connectivity index (χ1n) is 8.19. The molecule has 2 N–H and O–H groups in total. The normalized spacial score (nSPS) is 12.6. The Labute approximate surface area is 161 Å². The largest absolute Gasteiger partial charge is 0.497 e. The molecule has 2 aromatic carbocycles. The van der Waals surface area contributed by atoms with Gasteiger partial charge in [-0.05, 0) is 36.5 Å². The van der Waals surface area contributed by atoms with E-state index in [0.29, 0.717) is 22.6 Å². The number of methoxy groups -OCH3 is 1. The van der Waals surface area contributed by atoms with E-state index >= 15 is 0 Å². The van der Waals surface area contributed by atoms with E-state index in [-0.39, 0.29) is 29.9 Å². The highest BCUT2D eigenvalue weighted by Crippen LogP contribution is 2.22. The number of benzene rings is 2. The minimum absolute atomic E-state index is 0.0139. The van der Waals surface area contributed by atoms with Crippen molar-refractivity contribution in [3.05, 3.63) is 59.7 Å². The molecule has 1 heterocycles. The number of carbonyl (C=O) groups excluding carboxylic acids is 3. The van der Waals surface area contributed by atoms with E-state index in [1.807, 2.05) is 0 Å². The standard InChI is InChI=1S/C19H17N3O4S/c1-26-13-6-4-5-12(11-13)20-19(27)21-16(23)9-10-22-17(24)14-7-2-3-8-15(14)18(22)25/h2-8,11H,9-10H2,1H3,(H2,20,21,23,27). The quantitative estimate of drug-likeness (QED) is 0.608. The Morgan fingerprint density at radius 2 is 1.74 bits per heavy atom. The van der Waals surface area contributed by atoms with Crippen molar-refractivity contribution < 1.29 is 19.1 Å². The third-order valence-electron chi connectivity index (χ3n) is 4.02. The first kappa shape index (κ1) is 18.5. The molecule has 0 aliphatic carbocycles. The predicted molar refractivity (Wildman–Crippen MR) is 104 cm³/mol. The van der Waals surface area contributed by atoms with Gasteiger partial charge in [0.15, 0.2) is 5.11 Å². The molecule has 0 fully saturated rings. The number of imide groups is 1. The second-order valence-electron chi connectivity index (χ2n) is 5.79. The molecule has 0 unspecified atom stereocenters. The van der Waals surface area contributed by atoms with Crippen LogP contribution >= 0.6 is 12.2 Å². The Morgan fingerprint density at radius 3 is 2.37 bits per heavy atom. The fourth-order valence-electron chi connectivity index (χ4n) is 2.71. The molecule has 3 rings (SSSR count). The van der Waals surface area contributed by atoms with Crippen molar-refractivity contribution in [2.45, 2.75) is 6.42 Å². The summed E-state index contributed by atoms with van der Waals surface area (Å²) in [5.41, 5.74) is 1.39. The third-order valence-corrected chi connectivity index (χ3v) is 4.23. The van der Waals surface area contributed by atoms with Gasteiger partial charge in [-0.1, -0.05) is 18.2 Å². The van der Waals surface area contributed by atoms with Crippen LogP contribution < -0.4 is 15.4 Å². The van der Waals surface area contributed by atoms with Gasteiger partial charge in [0.25, 0.3) is 11.8 Å². The van der Waals surface area contributed by atoms with Crippen LogP contribution in [-0.2, 0) is 4.79 Å². The fraction of sp³-hybridized carbons (Fsp3) is 0.158. The molecule has 0 saturated carbocycles. The van der Waals surface area contributed by atoms with Crippen molar-refractivity contribution in [1.82, 2.24) is 10.2 Å². The number of anilines is 1. The van der Waals surface area contributed by atoms with E-state index in [4.69, 9.17) is 17.0 Å². The molecule has 7 nitrogen and oxygen atoms in total. The number of nitrogens with one attached hydrogen (secondary N) is 2. The first-order valence-corrected chi connectivity index (χ1v) is 8.60. The summed E-state index contributed by atoms with van der Waals surface area (Å²) in [6.07, 6.45) is -0.0502. The molecule has 0 saturated heterocycles. The number of fused-ring (bicyclic) bond motifs is 1. The highest BCUT2D eigenvalue weighted by Gasteiger charge is 2.34. The van der Waals surface area contributed by atoms with Gasteiger partial charge in [0.1, 0.15) is 5.75 Å². The summed E-state index contributed by atoms with van der Waals surface area (Å²) in [6.45, 7) is -0.0139. The lowest BCUT2D eigenvalue weighted by Crippen LogP contribution is -2.38. The molecule has 1 aliphatic rings. The van der Waals surface area contributed by atoms with Gasteiger partial charge in [-0.15, -0.1) is 0 Å². The number of thiocarbonyl (C=S) groups is 1. The van der Waals surface area contributed by atoms with Gasteiger partial charge in [0.2, 0.25) is 5.91 Å². The predicted octanol–water partition coefficient (Wildman–Crippen LogP) is 2.19. The van der Waals surface area contributed by atoms with Crippen molar-refractivity contribution in [1.29, 1.82) is 0 Å². The SMILES string of the molecule is COc1cccc(NC(=S)NC(=O)CCN2C(=O)c3ccccc3C2=O)c1. The Morgan fingerprint density at radius 1 is 1.07 bits per heavy atom. The first-order chi connectivity index (χ1) is 13.0. The van der Waals surface area contributed by atoms with Gasteiger partial charge in [-0.25, -0.2) is 0 Å². The third kappa shape index (κ3) is 4.12. The van der Waals surface area contributed by atoms with Gasteiger partial charge in [-0.3, -0.25) is 19.3 Å². The second-order valence-corrected chi connectivity index (χ2v) is 6.20. The topological polar surface area (TPSA) is 87.7 Å². The van der Waals surface area contributed by atoms with Gasteiger partial charge < -0.3 is 15.4 Å². The van der Waals surface area contributed by atoms with Crippen LogP contribution in [0.4, 0.5) is 5.69 Å². The highest BCUT2D eigenvalue weighted by molar-refractivity contribution is 7.80. The van der Waals surface area contributed by atoms with E-state index in [0.717, 1.165) is 4.90 Å². The molecule has 2 aromatic rings. The van der Waals surface area contributed by atoms with Gasteiger partial charge >= 0.3 is 0 Å². The maximum atomic E-state index is 12.3. The van der Waals surface area contributed by atoms with E-state index in [1.165, 1.54) is 0 Å². The summed E-state index contributed by atoms with van der Waals surface area (Å²) in [5, 5.41) is 5.53. The average molecular weight is 383 g/mol. The average Bonchev–Trinajstić information content (AvgIpc) is 2.91. The monoisotopic (exact) mass is 383 g/mol. The van der Waals surface area contributed by atoms with Gasteiger partial charge in [0, 0.05) is 24.7 Å². The van der Waals surface area contributed by atoms with Crippen LogP contribution in [0.1, 0.15) is 27.1 Å². The Hall–Kier alpha value is -3.26. The van der Waals surface area contributed by atoms with Crippen LogP contribution in [0.15, 0.2) is 48.5 Å². The molecule has 3 amide bonds. The Kier molecular flexibility index (Phi) is 5.46. The van der Waals surface area contributed by atoms with E-state index in [9.17, 15) is 14.4 Å². The van der Waals surface area contributed by atoms with Crippen LogP contribution in [0.3, 0.4) is 0 Å². The van der Waals surface area contributed by atoms with E-state index in [2.05, 4.69) is 10.6 Å². The van der Waals surface area contributed by atoms with Crippen LogP contribution in [0.2, 0.25) is 0 Å². The van der Waals surface area contributed by atoms with Crippen LogP contribution in [0, 0.1) is 0 Å². The Balaban J connectivity index is 1.52. The number of amides is 3. The van der Waals surface area contributed by atoms with Crippen molar-refractivity contribution in [2.75, 3.05) is 19.0 Å². The molecule has 0 radical (unpaired) electrons. The molecule has 138 valence electrons. The summed E-state index contributed by atoms with van der Waals surface area (Å²) >= 11 is 5.11. The molecular formula is C19H17N3O4S. The zero-order valence-electron chi connectivity index (χ0n) is 14.5. The number of carbonyl (C=O) groups is 3. The minimum Gasteiger partial charge on any atom is -0.497 e.